The van der Waals surface area contributed by atoms with Crippen molar-refractivity contribution in [3.8, 4) is 0 Å². The van der Waals surface area contributed by atoms with Crippen LogP contribution >= 0.6 is 23.2 Å². The molecule has 0 bridgehead atoms. The van der Waals surface area contributed by atoms with Crippen LogP contribution in [0.15, 0.2) is 12.4 Å². The quantitative estimate of drug-likeness (QED) is 0.487. The minimum absolute atomic E-state index is 0.0161. The second-order valence-corrected chi connectivity index (χ2v) is 8.29. The third kappa shape index (κ3) is 7.42. The molecule has 2 aromatic heterocycles. The average molecular weight is 465 g/mol. The van der Waals surface area contributed by atoms with E-state index in [1.54, 1.807) is 0 Å². The van der Waals surface area contributed by atoms with Crippen LogP contribution < -0.4 is 0 Å². The van der Waals surface area contributed by atoms with Gasteiger partial charge >= 0.3 is 11.9 Å². The summed E-state index contributed by atoms with van der Waals surface area (Å²) in [6.45, 7) is 6.06. The molecular formula is C18H20Cl2F2N4O4. The van der Waals surface area contributed by atoms with Gasteiger partial charge in [0.2, 0.25) is 5.28 Å². The maximum Gasteiger partial charge on any atom is 0.309 e. The van der Waals surface area contributed by atoms with Crippen molar-refractivity contribution in [2.75, 3.05) is 0 Å². The normalized spacial score (nSPS) is 11.5. The summed E-state index contributed by atoms with van der Waals surface area (Å²) in [6.07, 6.45) is 1.93. The highest BCUT2D eigenvalue weighted by atomic mass is 35.5. The zero-order valence-electron chi connectivity index (χ0n) is 16.6. The highest BCUT2D eigenvalue weighted by Crippen LogP contribution is 2.23. The number of carbonyl (C=O) groups is 2. The molecule has 0 fully saturated rings. The van der Waals surface area contributed by atoms with E-state index in [1.807, 2.05) is 0 Å². The minimum Gasteiger partial charge on any atom is -0.481 e. The lowest BCUT2D eigenvalue weighted by molar-refractivity contribution is -0.147. The molecule has 0 amide bonds. The first-order valence-corrected chi connectivity index (χ1v) is 9.22. The number of halogens is 4. The maximum atomic E-state index is 13.2. The van der Waals surface area contributed by atoms with Gasteiger partial charge in [0.1, 0.15) is 5.82 Å². The van der Waals surface area contributed by atoms with Gasteiger partial charge in [-0.25, -0.2) is 28.7 Å². The number of hydrogen-bond acceptors (Lipinski definition) is 6. The standard InChI is InChI=1S/2C9H10ClFN2O2/c1-9(2,8(14)15)3-6-12-4-5(11)7(10)13-6;1-9(2,7(14)15)3-6-5(11)4-12-8(10)13-6/h2*4H,3H2,1-2H3,(H,14,15). The molecule has 2 heterocycles. The molecule has 30 heavy (non-hydrogen) atoms. The van der Waals surface area contributed by atoms with Gasteiger partial charge in [-0.3, -0.25) is 9.59 Å². The molecule has 0 aromatic carbocycles. The van der Waals surface area contributed by atoms with Crippen LogP contribution in [0.3, 0.4) is 0 Å². The Morgan fingerprint density at radius 2 is 1.40 bits per heavy atom. The summed E-state index contributed by atoms with van der Waals surface area (Å²) in [5.41, 5.74) is -2.07. The average Bonchev–Trinajstić information content (AvgIpc) is 2.61. The van der Waals surface area contributed by atoms with Gasteiger partial charge in [-0.2, -0.15) is 0 Å². The molecule has 0 saturated carbocycles. The largest absolute Gasteiger partial charge is 0.481 e. The number of carboxylic acids is 2. The zero-order valence-corrected chi connectivity index (χ0v) is 18.1. The lowest BCUT2D eigenvalue weighted by Crippen LogP contribution is -2.27. The Hall–Kier alpha value is -2.46. The van der Waals surface area contributed by atoms with Crippen molar-refractivity contribution in [1.82, 2.24) is 19.9 Å². The van der Waals surface area contributed by atoms with E-state index in [1.165, 1.54) is 27.7 Å². The van der Waals surface area contributed by atoms with E-state index in [0.29, 0.717) is 0 Å². The molecule has 2 rings (SSSR count). The molecule has 0 aliphatic carbocycles. The predicted molar refractivity (Wildman–Crippen MR) is 104 cm³/mol. The highest BCUT2D eigenvalue weighted by molar-refractivity contribution is 6.29. The smallest absolute Gasteiger partial charge is 0.309 e. The van der Waals surface area contributed by atoms with Crippen LogP contribution in [-0.2, 0) is 22.4 Å². The van der Waals surface area contributed by atoms with Crippen LogP contribution in [0.1, 0.15) is 39.2 Å². The van der Waals surface area contributed by atoms with Crippen LogP contribution in [0.4, 0.5) is 8.78 Å². The Morgan fingerprint density at radius 3 is 1.90 bits per heavy atom. The van der Waals surface area contributed by atoms with E-state index in [2.05, 4.69) is 19.9 Å². The van der Waals surface area contributed by atoms with E-state index in [9.17, 15) is 18.4 Å². The van der Waals surface area contributed by atoms with E-state index in [4.69, 9.17) is 33.4 Å². The van der Waals surface area contributed by atoms with Gasteiger partial charge in [0.25, 0.3) is 0 Å². The molecule has 12 heteroatoms. The van der Waals surface area contributed by atoms with E-state index >= 15 is 0 Å². The Balaban J connectivity index is 0.000000300. The van der Waals surface area contributed by atoms with E-state index in [0.717, 1.165) is 12.4 Å². The first-order chi connectivity index (χ1) is 13.7. The summed E-state index contributed by atoms with van der Waals surface area (Å²) in [5, 5.41) is 17.3. The fourth-order valence-corrected chi connectivity index (χ4v) is 2.23. The first kappa shape index (κ1) is 25.6. The fourth-order valence-electron chi connectivity index (χ4n) is 1.93. The topological polar surface area (TPSA) is 126 Å². The van der Waals surface area contributed by atoms with Crippen LogP contribution in [0, 0.1) is 22.5 Å². The van der Waals surface area contributed by atoms with Crippen molar-refractivity contribution in [3.63, 3.8) is 0 Å². The third-order valence-corrected chi connectivity index (χ3v) is 4.35. The summed E-state index contributed by atoms with van der Waals surface area (Å²) in [7, 11) is 0. The zero-order chi connectivity index (χ0) is 23.3. The maximum absolute atomic E-state index is 13.2. The summed E-state index contributed by atoms with van der Waals surface area (Å²) < 4.78 is 25.9. The van der Waals surface area contributed by atoms with E-state index in [-0.39, 0.29) is 34.8 Å². The number of hydrogen-bond donors (Lipinski definition) is 2. The van der Waals surface area contributed by atoms with Gasteiger partial charge < -0.3 is 10.2 Å². The first-order valence-electron chi connectivity index (χ1n) is 8.46. The fraction of sp³-hybridized carbons (Fsp3) is 0.444. The van der Waals surface area contributed by atoms with Gasteiger partial charge in [0.15, 0.2) is 16.8 Å². The molecule has 0 aliphatic heterocycles. The monoisotopic (exact) mass is 464 g/mol. The highest BCUT2D eigenvalue weighted by Gasteiger charge is 2.30. The second-order valence-electron chi connectivity index (χ2n) is 7.59. The molecule has 0 atom stereocenters. The molecule has 8 nitrogen and oxygen atoms in total. The number of carboxylic acid groups (broad SMARTS) is 2. The SMILES string of the molecule is CC(C)(Cc1nc(Cl)ncc1F)C(=O)O.CC(C)(Cc1ncc(F)c(Cl)n1)C(=O)O. The van der Waals surface area contributed by atoms with Gasteiger partial charge in [0, 0.05) is 12.8 Å². The molecule has 2 N–H and O–H groups in total. The number of aromatic nitrogens is 4. The summed E-state index contributed by atoms with van der Waals surface area (Å²) >= 11 is 10.9. The second kappa shape index (κ2) is 10.0. The van der Waals surface area contributed by atoms with Crippen molar-refractivity contribution in [2.24, 2.45) is 10.8 Å². The van der Waals surface area contributed by atoms with Gasteiger partial charge in [0.05, 0.1) is 28.9 Å². The van der Waals surface area contributed by atoms with Crippen molar-refractivity contribution in [3.05, 3.63) is 46.0 Å². The predicted octanol–water partition coefficient (Wildman–Crippen LogP) is 3.84. The molecule has 2 aromatic rings. The molecule has 0 saturated heterocycles. The van der Waals surface area contributed by atoms with Crippen LogP contribution in [0.5, 0.6) is 0 Å². The van der Waals surface area contributed by atoms with Crippen molar-refractivity contribution in [1.29, 1.82) is 0 Å². The number of aliphatic carboxylic acids is 2. The van der Waals surface area contributed by atoms with Gasteiger partial charge in [-0.15, -0.1) is 0 Å². The van der Waals surface area contributed by atoms with Gasteiger partial charge in [-0.1, -0.05) is 11.6 Å². The van der Waals surface area contributed by atoms with Crippen LogP contribution in [0.25, 0.3) is 0 Å². The van der Waals surface area contributed by atoms with E-state index < -0.39 is 34.4 Å². The Labute approximate surface area is 181 Å². The molecule has 0 spiro atoms. The Morgan fingerprint density at radius 1 is 0.900 bits per heavy atom. The lowest BCUT2D eigenvalue weighted by atomic mass is 9.88. The lowest BCUT2D eigenvalue weighted by Gasteiger charge is -2.18. The molecular weight excluding hydrogens is 445 g/mol. The molecule has 0 radical (unpaired) electrons. The number of nitrogens with zero attached hydrogens (tertiary/aromatic N) is 4. The Kier molecular flexibility index (Phi) is 8.55. The van der Waals surface area contributed by atoms with Crippen molar-refractivity contribution >= 4 is 35.1 Å². The Bertz CT molecular complexity index is 942. The van der Waals surface area contributed by atoms with Crippen LogP contribution in [-0.4, -0.2) is 42.1 Å². The molecule has 0 aliphatic rings. The van der Waals surface area contributed by atoms with Crippen LogP contribution in [0.2, 0.25) is 10.4 Å². The van der Waals surface area contributed by atoms with Crippen molar-refractivity contribution in [2.45, 2.75) is 40.5 Å². The van der Waals surface area contributed by atoms with Crippen molar-refractivity contribution < 1.29 is 28.6 Å². The minimum atomic E-state index is -1.08. The number of rotatable bonds is 6. The third-order valence-electron chi connectivity index (χ3n) is 3.91. The summed E-state index contributed by atoms with van der Waals surface area (Å²) in [4.78, 5) is 36.1. The summed E-state index contributed by atoms with van der Waals surface area (Å²) in [5.74, 6) is -3.13. The van der Waals surface area contributed by atoms with Gasteiger partial charge in [-0.05, 0) is 39.3 Å². The summed E-state index contributed by atoms with van der Waals surface area (Å²) in [6, 6.07) is 0. The molecule has 0 unspecified atom stereocenters. The molecule has 164 valence electrons.